The van der Waals surface area contributed by atoms with Gasteiger partial charge in [0.1, 0.15) is 0 Å². The fourth-order valence-corrected chi connectivity index (χ4v) is 1.74. The van der Waals surface area contributed by atoms with Crippen molar-refractivity contribution < 1.29 is 4.79 Å². The van der Waals surface area contributed by atoms with Gasteiger partial charge in [-0.05, 0) is 24.6 Å². The Balaban J connectivity index is 2.13. The molecule has 1 aromatic carbocycles. The lowest BCUT2D eigenvalue weighted by Gasteiger charge is -2.02. The van der Waals surface area contributed by atoms with Crippen LogP contribution in [0.2, 0.25) is 0 Å². The van der Waals surface area contributed by atoms with Gasteiger partial charge in [-0.25, -0.2) is 0 Å². The van der Waals surface area contributed by atoms with Crippen LogP contribution in [0.1, 0.15) is 15.4 Å². The Morgan fingerprint density at radius 1 is 1.44 bits per heavy atom. The summed E-state index contributed by atoms with van der Waals surface area (Å²) in [6.07, 6.45) is 0. The second-order valence-corrected chi connectivity index (χ2v) is 4.28. The number of rotatable bonds is 2. The number of nitrogens with zero attached hydrogens (tertiary/aromatic N) is 2. The van der Waals surface area contributed by atoms with Crippen molar-refractivity contribution in [1.82, 2.24) is 10.2 Å². The number of amides is 1. The van der Waals surface area contributed by atoms with E-state index in [-0.39, 0.29) is 16.0 Å². The van der Waals surface area contributed by atoms with E-state index in [2.05, 4.69) is 15.5 Å². The highest BCUT2D eigenvalue weighted by molar-refractivity contribution is 7.16. The Kier molecular flexibility index (Phi) is 2.82. The molecular formula is C10H10N4OS. The van der Waals surface area contributed by atoms with Gasteiger partial charge in [-0.2, -0.15) is 0 Å². The molecule has 2 rings (SSSR count). The largest absolute Gasteiger partial charge is 0.374 e. The number of carbonyl (C=O) groups is 1. The maximum Gasteiger partial charge on any atom is 0.286 e. The van der Waals surface area contributed by atoms with Crippen LogP contribution in [-0.2, 0) is 0 Å². The fraction of sp³-hybridized carbons (Fsp3) is 0.100. The van der Waals surface area contributed by atoms with Crippen LogP contribution in [0.3, 0.4) is 0 Å². The minimum Gasteiger partial charge on any atom is -0.374 e. The van der Waals surface area contributed by atoms with Gasteiger partial charge in [-0.15, -0.1) is 10.2 Å². The van der Waals surface area contributed by atoms with Gasteiger partial charge in [-0.1, -0.05) is 23.5 Å². The molecule has 6 heteroatoms. The second kappa shape index (κ2) is 4.28. The van der Waals surface area contributed by atoms with Crippen LogP contribution in [0.15, 0.2) is 24.3 Å². The van der Waals surface area contributed by atoms with Crippen LogP contribution < -0.4 is 11.1 Å². The van der Waals surface area contributed by atoms with E-state index in [1.54, 1.807) is 0 Å². The molecule has 0 atom stereocenters. The normalized spacial score (nSPS) is 10.1. The van der Waals surface area contributed by atoms with Crippen LogP contribution in [0.4, 0.5) is 10.8 Å². The lowest BCUT2D eigenvalue weighted by molar-refractivity contribution is 0.102. The molecule has 1 aromatic heterocycles. The molecular weight excluding hydrogens is 224 g/mol. The number of aromatic nitrogens is 2. The summed E-state index contributed by atoms with van der Waals surface area (Å²) >= 11 is 1.06. The van der Waals surface area contributed by atoms with Crippen LogP contribution >= 0.6 is 11.3 Å². The smallest absolute Gasteiger partial charge is 0.286 e. The molecule has 0 bridgehead atoms. The van der Waals surface area contributed by atoms with Gasteiger partial charge >= 0.3 is 0 Å². The zero-order chi connectivity index (χ0) is 11.5. The van der Waals surface area contributed by atoms with E-state index < -0.39 is 0 Å². The summed E-state index contributed by atoms with van der Waals surface area (Å²) in [6, 6.07) is 7.52. The molecule has 0 aliphatic heterocycles. The molecule has 5 nitrogen and oxygen atoms in total. The Labute approximate surface area is 96.3 Å². The third-order valence-corrected chi connectivity index (χ3v) is 2.66. The van der Waals surface area contributed by atoms with Crippen molar-refractivity contribution in [1.29, 1.82) is 0 Å². The molecule has 16 heavy (non-hydrogen) atoms. The first-order valence-electron chi connectivity index (χ1n) is 4.62. The van der Waals surface area contributed by atoms with Gasteiger partial charge in [0.15, 0.2) is 0 Å². The monoisotopic (exact) mass is 234 g/mol. The van der Waals surface area contributed by atoms with Crippen molar-refractivity contribution in [2.24, 2.45) is 0 Å². The third kappa shape index (κ3) is 2.34. The average molecular weight is 234 g/mol. The zero-order valence-electron chi connectivity index (χ0n) is 8.60. The molecule has 1 heterocycles. The molecule has 0 unspecified atom stereocenters. The molecule has 1 amide bonds. The predicted octanol–water partition coefficient (Wildman–Crippen LogP) is 1.68. The quantitative estimate of drug-likeness (QED) is 0.828. The Morgan fingerprint density at radius 3 is 2.88 bits per heavy atom. The molecule has 0 aliphatic rings. The van der Waals surface area contributed by atoms with Crippen molar-refractivity contribution >= 4 is 28.1 Å². The number of nitrogens with one attached hydrogen (secondary N) is 1. The van der Waals surface area contributed by atoms with Crippen molar-refractivity contribution in [2.75, 3.05) is 11.1 Å². The minimum absolute atomic E-state index is 0.263. The maximum atomic E-state index is 11.7. The number of aryl methyl sites for hydroxylation is 1. The summed E-state index contributed by atoms with van der Waals surface area (Å²) in [7, 11) is 0. The van der Waals surface area contributed by atoms with Gasteiger partial charge in [-0.3, -0.25) is 4.79 Å². The lowest BCUT2D eigenvalue weighted by Crippen LogP contribution is -2.11. The first-order valence-corrected chi connectivity index (χ1v) is 5.44. The summed E-state index contributed by atoms with van der Waals surface area (Å²) in [5, 5.41) is 10.5. The summed E-state index contributed by atoms with van der Waals surface area (Å²) in [5.41, 5.74) is 7.21. The van der Waals surface area contributed by atoms with Gasteiger partial charge in [0.2, 0.25) is 10.1 Å². The number of hydrogen-bond donors (Lipinski definition) is 2. The molecule has 0 fully saturated rings. The molecule has 2 aromatic rings. The van der Waals surface area contributed by atoms with Crippen LogP contribution in [0.25, 0.3) is 0 Å². The van der Waals surface area contributed by atoms with E-state index in [0.717, 1.165) is 22.6 Å². The van der Waals surface area contributed by atoms with Gasteiger partial charge < -0.3 is 11.1 Å². The van der Waals surface area contributed by atoms with Crippen LogP contribution in [0.5, 0.6) is 0 Å². The van der Waals surface area contributed by atoms with Crippen LogP contribution in [-0.4, -0.2) is 16.1 Å². The molecule has 82 valence electrons. The summed E-state index contributed by atoms with van der Waals surface area (Å²) < 4.78 is 0. The molecule has 0 aliphatic carbocycles. The van der Waals surface area contributed by atoms with Gasteiger partial charge in [0, 0.05) is 5.69 Å². The summed E-state index contributed by atoms with van der Waals surface area (Å²) in [6.45, 7) is 1.96. The number of benzene rings is 1. The van der Waals surface area contributed by atoms with Crippen molar-refractivity contribution in [3.63, 3.8) is 0 Å². The highest BCUT2D eigenvalue weighted by atomic mass is 32.1. The molecule has 3 N–H and O–H groups in total. The van der Waals surface area contributed by atoms with E-state index in [0.29, 0.717) is 0 Å². The van der Waals surface area contributed by atoms with E-state index in [9.17, 15) is 4.79 Å². The highest BCUT2D eigenvalue weighted by Gasteiger charge is 2.11. The first kappa shape index (κ1) is 10.6. The molecule has 0 saturated heterocycles. The van der Waals surface area contributed by atoms with Crippen molar-refractivity contribution in [3.8, 4) is 0 Å². The Bertz CT molecular complexity index is 523. The SMILES string of the molecule is Cc1cccc(NC(=O)c2nnc(N)s2)c1. The van der Waals surface area contributed by atoms with E-state index in [4.69, 9.17) is 5.73 Å². The zero-order valence-corrected chi connectivity index (χ0v) is 9.41. The van der Waals surface area contributed by atoms with E-state index in [1.807, 2.05) is 31.2 Å². The third-order valence-electron chi connectivity index (χ3n) is 1.91. The second-order valence-electron chi connectivity index (χ2n) is 3.27. The predicted molar refractivity (Wildman–Crippen MR) is 63.5 cm³/mol. The van der Waals surface area contributed by atoms with Gasteiger partial charge in [0.05, 0.1) is 0 Å². The highest BCUT2D eigenvalue weighted by Crippen LogP contribution is 2.14. The summed E-state index contributed by atoms with van der Waals surface area (Å²) in [4.78, 5) is 11.7. The van der Waals surface area contributed by atoms with Crippen molar-refractivity contribution in [2.45, 2.75) is 6.92 Å². The summed E-state index contributed by atoms with van der Waals surface area (Å²) in [5.74, 6) is -0.292. The first-order chi connectivity index (χ1) is 7.65. The molecule has 0 saturated carbocycles. The lowest BCUT2D eigenvalue weighted by atomic mass is 10.2. The van der Waals surface area contributed by atoms with E-state index in [1.165, 1.54) is 0 Å². The average Bonchev–Trinajstić information content (AvgIpc) is 2.65. The van der Waals surface area contributed by atoms with Gasteiger partial charge in [0.25, 0.3) is 5.91 Å². The topological polar surface area (TPSA) is 80.9 Å². The molecule has 0 spiro atoms. The number of nitrogens with two attached hydrogens (primary N) is 1. The Morgan fingerprint density at radius 2 is 2.25 bits per heavy atom. The number of anilines is 2. The Hall–Kier alpha value is -1.95. The number of hydrogen-bond acceptors (Lipinski definition) is 5. The maximum absolute atomic E-state index is 11.7. The standard InChI is InChI=1S/C10H10N4OS/c1-6-3-2-4-7(5-6)12-8(15)9-13-14-10(11)16-9/h2-5H,1H3,(H2,11,14)(H,12,15). The minimum atomic E-state index is -0.292. The number of carbonyl (C=O) groups excluding carboxylic acids is 1. The van der Waals surface area contributed by atoms with Crippen LogP contribution in [0, 0.1) is 6.92 Å². The molecule has 0 radical (unpaired) electrons. The van der Waals surface area contributed by atoms with E-state index >= 15 is 0 Å². The fourth-order valence-electron chi connectivity index (χ4n) is 1.23. The van der Waals surface area contributed by atoms with Crippen molar-refractivity contribution in [3.05, 3.63) is 34.8 Å². The number of nitrogen functional groups attached to an aromatic ring is 1.